The van der Waals surface area contributed by atoms with Crippen LogP contribution in [0.5, 0.6) is 0 Å². The molecule has 0 atom stereocenters. The Labute approximate surface area is 89.3 Å². The number of aliphatic imine (C=N–C) groups is 1. The van der Waals surface area contributed by atoms with Gasteiger partial charge in [0, 0.05) is 23.7 Å². The van der Waals surface area contributed by atoms with E-state index in [1.165, 1.54) is 5.71 Å². The van der Waals surface area contributed by atoms with Crippen LogP contribution in [0.2, 0.25) is 0 Å². The van der Waals surface area contributed by atoms with E-state index in [1.807, 2.05) is 6.20 Å². The van der Waals surface area contributed by atoms with Gasteiger partial charge in [-0.3, -0.25) is 4.99 Å². The molecular formula is C13H25N. The summed E-state index contributed by atoms with van der Waals surface area (Å²) in [5.74, 6) is 0. The van der Waals surface area contributed by atoms with E-state index < -0.39 is 0 Å². The van der Waals surface area contributed by atoms with Crippen LogP contribution in [0.15, 0.2) is 17.3 Å². The average molecular weight is 195 g/mol. The largest absolute Gasteiger partial charge is 0.265 e. The molecule has 0 N–H and O–H groups in total. The summed E-state index contributed by atoms with van der Waals surface area (Å²) in [6.45, 7) is 15.3. The summed E-state index contributed by atoms with van der Waals surface area (Å²) in [7, 11) is 0. The molecule has 0 aliphatic carbocycles. The Morgan fingerprint density at radius 2 is 1.43 bits per heavy atom. The molecule has 0 aromatic carbocycles. The van der Waals surface area contributed by atoms with E-state index in [2.05, 4.69) is 59.5 Å². The van der Waals surface area contributed by atoms with Crippen molar-refractivity contribution in [2.45, 2.75) is 54.9 Å². The Morgan fingerprint density at radius 3 is 1.57 bits per heavy atom. The maximum atomic E-state index is 4.24. The van der Waals surface area contributed by atoms with Gasteiger partial charge in [0.1, 0.15) is 0 Å². The normalized spacial score (nSPS) is 16.1. The summed E-state index contributed by atoms with van der Waals surface area (Å²) in [5.41, 5.74) is 2.06. The van der Waals surface area contributed by atoms with Gasteiger partial charge in [0.2, 0.25) is 0 Å². The van der Waals surface area contributed by atoms with Gasteiger partial charge in [0.25, 0.3) is 0 Å². The highest BCUT2D eigenvalue weighted by Gasteiger charge is 2.18. The molecule has 0 fully saturated rings. The minimum absolute atomic E-state index is 0.267. The Hall–Kier alpha value is -0.590. The molecule has 0 bridgehead atoms. The van der Waals surface area contributed by atoms with Crippen LogP contribution in [0.4, 0.5) is 0 Å². The molecule has 1 heteroatoms. The molecule has 0 aromatic heterocycles. The molecule has 0 amide bonds. The molecule has 1 aliphatic rings. The fraction of sp³-hybridized carbons (Fsp3) is 0.769. The minimum atomic E-state index is 0.267. The van der Waals surface area contributed by atoms with Crippen LogP contribution in [-0.4, -0.2) is 5.71 Å². The first kappa shape index (κ1) is 13.4. The van der Waals surface area contributed by atoms with Crippen LogP contribution in [0, 0.1) is 10.8 Å². The number of nitrogens with zero attached hydrogens (tertiary/aromatic N) is 1. The predicted octanol–water partition coefficient (Wildman–Crippen LogP) is 4.44. The molecule has 0 radical (unpaired) electrons. The Kier molecular flexibility index (Phi) is 4.57. The predicted molar refractivity (Wildman–Crippen MR) is 65.8 cm³/mol. The van der Waals surface area contributed by atoms with E-state index in [9.17, 15) is 0 Å². The van der Waals surface area contributed by atoms with Crippen LogP contribution < -0.4 is 0 Å². The molecule has 0 saturated carbocycles. The quantitative estimate of drug-likeness (QED) is 0.542. The Balaban J connectivity index is 0.000000292. The molecule has 0 spiro atoms. The SMILES string of the molecule is CC(C)(C)C.CC(C)(C)C1=NC=CC1. The smallest absolute Gasteiger partial charge is 0.0270 e. The van der Waals surface area contributed by atoms with Crippen LogP contribution in [0.1, 0.15) is 54.9 Å². The molecule has 1 rings (SSSR count). The zero-order valence-electron chi connectivity index (χ0n) is 10.8. The first-order valence-corrected chi connectivity index (χ1v) is 5.33. The summed E-state index contributed by atoms with van der Waals surface area (Å²) in [5, 5.41) is 0. The van der Waals surface area contributed by atoms with Gasteiger partial charge >= 0.3 is 0 Å². The van der Waals surface area contributed by atoms with Gasteiger partial charge < -0.3 is 0 Å². The third-order valence-corrected chi connectivity index (χ3v) is 1.51. The van der Waals surface area contributed by atoms with E-state index >= 15 is 0 Å². The first-order valence-electron chi connectivity index (χ1n) is 5.33. The third-order valence-electron chi connectivity index (χ3n) is 1.51. The van der Waals surface area contributed by atoms with Gasteiger partial charge in [-0.05, 0) is 5.41 Å². The second kappa shape index (κ2) is 4.77. The highest BCUT2D eigenvalue weighted by Crippen LogP contribution is 2.21. The van der Waals surface area contributed by atoms with Gasteiger partial charge in [0.05, 0.1) is 0 Å². The van der Waals surface area contributed by atoms with Crippen molar-refractivity contribution >= 4 is 5.71 Å². The highest BCUT2D eigenvalue weighted by atomic mass is 14.7. The maximum Gasteiger partial charge on any atom is 0.0270 e. The molecular weight excluding hydrogens is 170 g/mol. The van der Waals surface area contributed by atoms with Crippen LogP contribution in [-0.2, 0) is 0 Å². The van der Waals surface area contributed by atoms with Crippen molar-refractivity contribution in [3.05, 3.63) is 12.3 Å². The van der Waals surface area contributed by atoms with Gasteiger partial charge in [0.15, 0.2) is 0 Å². The number of allylic oxidation sites excluding steroid dienone is 1. The van der Waals surface area contributed by atoms with Gasteiger partial charge in [-0.15, -0.1) is 0 Å². The zero-order valence-corrected chi connectivity index (χ0v) is 10.8. The second-order valence-electron chi connectivity index (χ2n) is 6.41. The monoisotopic (exact) mass is 195 g/mol. The molecule has 1 nitrogen and oxygen atoms in total. The average Bonchev–Trinajstić information content (AvgIpc) is 2.28. The lowest BCUT2D eigenvalue weighted by Gasteiger charge is -2.17. The molecule has 0 saturated heterocycles. The first-order chi connectivity index (χ1) is 6.11. The molecule has 1 heterocycles. The molecule has 0 aromatic rings. The standard InChI is InChI=1S/C8H13N.C5H12/c1-8(2,3)7-5-4-6-9-7;1-5(2,3)4/h4,6H,5H2,1-3H3;1-4H3. The van der Waals surface area contributed by atoms with E-state index in [4.69, 9.17) is 0 Å². The summed E-state index contributed by atoms with van der Waals surface area (Å²) < 4.78 is 0. The van der Waals surface area contributed by atoms with Crippen molar-refractivity contribution in [3.8, 4) is 0 Å². The van der Waals surface area contributed by atoms with E-state index in [0.29, 0.717) is 5.41 Å². The summed E-state index contributed by atoms with van der Waals surface area (Å²) in [6.07, 6.45) is 5.03. The van der Waals surface area contributed by atoms with Gasteiger partial charge in [-0.2, -0.15) is 0 Å². The topological polar surface area (TPSA) is 12.4 Å². The highest BCUT2D eigenvalue weighted by molar-refractivity contribution is 5.92. The van der Waals surface area contributed by atoms with Crippen molar-refractivity contribution in [1.82, 2.24) is 0 Å². The van der Waals surface area contributed by atoms with Crippen LogP contribution >= 0.6 is 0 Å². The van der Waals surface area contributed by atoms with E-state index in [1.54, 1.807) is 0 Å². The zero-order chi connectivity index (χ0) is 11.4. The van der Waals surface area contributed by atoms with Crippen molar-refractivity contribution in [2.75, 3.05) is 0 Å². The Morgan fingerprint density at radius 1 is 1.00 bits per heavy atom. The fourth-order valence-electron chi connectivity index (χ4n) is 0.860. The lowest BCUT2D eigenvalue weighted by atomic mass is 9.89. The maximum absolute atomic E-state index is 4.24. The summed E-state index contributed by atoms with van der Waals surface area (Å²) in [4.78, 5) is 4.24. The molecule has 0 unspecified atom stereocenters. The Bertz CT molecular complexity index is 215. The molecule has 14 heavy (non-hydrogen) atoms. The van der Waals surface area contributed by atoms with Crippen molar-refractivity contribution in [2.24, 2.45) is 15.8 Å². The molecule has 82 valence electrons. The summed E-state index contributed by atoms with van der Waals surface area (Å²) in [6, 6.07) is 0. The fourth-order valence-corrected chi connectivity index (χ4v) is 0.860. The summed E-state index contributed by atoms with van der Waals surface area (Å²) >= 11 is 0. The van der Waals surface area contributed by atoms with Crippen LogP contribution in [0.25, 0.3) is 0 Å². The van der Waals surface area contributed by atoms with E-state index in [-0.39, 0.29) is 5.41 Å². The second-order valence-corrected chi connectivity index (χ2v) is 6.41. The van der Waals surface area contributed by atoms with Crippen molar-refractivity contribution in [1.29, 1.82) is 0 Å². The van der Waals surface area contributed by atoms with Gasteiger partial charge in [-0.25, -0.2) is 0 Å². The molecule has 1 aliphatic heterocycles. The third kappa shape index (κ3) is 8.03. The number of rotatable bonds is 0. The van der Waals surface area contributed by atoms with Gasteiger partial charge in [-0.1, -0.05) is 54.5 Å². The van der Waals surface area contributed by atoms with Crippen LogP contribution in [0.3, 0.4) is 0 Å². The van der Waals surface area contributed by atoms with Crippen molar-refractivity contribution in [3.63, 3.8) is 0 Å². The van der Waals surface area contributed by atoms with Crippen molar-refractivity contribution < 1.29 is 0 Å². The lowest BCUT2D eigenvalue weighted by molar-refractivity contribution is 0.469. The van der Waals surface area contributed by atoms with E-state index in [0.717, 1.165) is 6.42 Å². The number of hydrogen-bond acceptors (Lipinski definition) is 1. The lowest BCUT2D eigenvalue weighted by Crippen LogP contribution is -2.17. The number of hydrogen-bond donors (Lipinski definition) is 0. The minimum Gasteiger partial charge on any atom is -0.265 e.